The van der Waals surface area contributed by atoms with Gasteiger partial charge in [0.25, 0.3) is 0 Å². The minimum Gasteiger partial charge on any atom is -0.497 e. The van der Waals surface area contributed by atoms with E-state index in [1.54, 1.807) is 7.11 Å². The third-order valence-corrected chi connectivity index (χ3v) is 4.37. The van der Waals surface area contributed by atoms with Crippen molar-refractivity contribution >= 4 is 0 Å². The van der Waals surface area contributed by atoms with Gasteiger partial charge in [0.15, 0.2) is 0 Å². The molecule has 1 fully saturated rings. The summed E-state index contributed by atoms with van der Waals surface area (Å²) in [6, 6.07) is 9.15. The van der Waals surface area contributed by atoms with Crippen LogP contribution in [0.3, 0.4) is 0 Å². The standard InChI is InChI=1S/C18H30N2O/c1-20(15-16-9-11-18(21-2)12-10-16)14-6-13-19-17-7-4-3-5-8-17/h9-12,17,19H,3-8,13-15H2,1-2H3. The number of hydrogen-bond acceptors (Lipinski definition) is 3. The molecule has 1 aliphatic carbocycles. The molecule has 0 bridgehead atoms. The summed E-state index contributed by atoms with van der Waals surface area (Å²) in [5, 5.41) is 3.71. The van der Waals surface area contributed by atoms with Crippen LogP contribution in [0.1, 0.15) is 44.1 Å². The van der Waals surface area contributed by atoms with Gasteiger partial charge in [-0.1, -0.05) is 31.4 Å². The fourth-order valence-corrected chi connectivity index (χ4v) is 3.08. The lowest BCUT2D eigenvalue weighted by atomic mass is 9.95. The Kier molecular flexibility index (Phi) is 7.04. The molecule has 1 aromatic carbocycles. The van der Waals surface area contributed by atoms with Crippen LogP contribution in [0.5, 0.6) is 5.75 Å². The second-order valence-corrected chi connectivity index (χ2v) is 6.23. The number of nitrogens with zero attached hydrogens (tertiary/aromatic N) is 1. The van der Waals surface area contributed by atoms with Crippen molar-refractivity contribution in [2.45, 2.75) is 51.1 Å². The highest BCUT2D eigenvalue weighted by Crippen LogP contribution is 2.17. The molecule has 0 spiro atoms. The smallest absolute Gasteiger partial charge is 0.118 e. The van der Waals surface area contributed by atoms with Crippen molar-refractivity contribution in [3.05, 3.63) is 29.8 Å². The highest BCUT2D eigenvalue weighted by atomic mass is 16.5. The average molecular weight is 290 g/mol. The third-order valence-electron chi connectivity index (χ3n) is 4.37. The number of ether oxygens (including phenoxy) is 1. The third kappa shape index (κ3) is 6.06. The predicted molar refractivity (Wildman–Crippen MR) is 88.8 cm³/mol. The van der Waals surface area contributed by atoms with E-state index in [1.165, 1.54) is 44.1 Å². The molecule has 118 valence electrons. The Morgan fingerprint density at radius 2 is 1.86 bits per heavy atom. The molecule has 1 saturated carbocycles. The zero-order valence-corrected chi connectivity index (χ0v) is 13.6. The van der Waals surface area contributed by atoms with Gasteiger partial charge in [0.05, 0.1) is 7.11 Å². The predicted octanol–water partition coefficient (Wildman–Crippen LogP) is 3.44. The van der Waals surface area contributed by atoms with E-state index >= 15 is 0 Å². The van der Waals surface area contributed by atoms with E-state index in [0.29, 0.717) is 0 Å². The molecule has 2 rings (SSSR count). The first kappa shape index (κ1) is 16.3. The van der Waals surface area contributed by atoms with Crippen molar-refractivity contribution in [1.29, 1.82) is 0 Å². The first-order valence-corrected chi connectivity index (χ1v) is 8.33. The lowest BCUT2D eigenvalue weighted by Crippen LogP contribution is -2.33. The monoisotopic (exact) mass is 290 g/mol. The highest BCUT2D eigenvalue weighted by Gasteiger charge is 2.11. The van der Waals surface area contributed by atoms with Gasteiger partial charge in [-0.05, 0) is 57.1 Å². The van der Waals surface area contributed by atoms with Crippen LogP contribution in [0.2, 0.25) is 0 Å². The molecule has 0 unspecified atom stereocenters. The minimum atomic E-state index is 0.783. The van der Waals surface area contributed by atoms with E-state index in [1.807, 2.05) is 12.1 Å². The van der Waals surface area contributed by atoms with Crippen molar-refractivity contribution in [3.8, 4) is 5.75 Å². The summed E-state index contributed by atoms with van der Waals surface area (Å²) in [4.78, 5) is 2.39. The number of rotatable bonds is 8. The Morgan fingerprint density at radius 3 is 2.52 bits per heavy atom. The zero-order valence-electron chi connectivity index (χ0n) is 13.6. The number of nitrogens with one attached hydrogen (secondary N) is 1. The average Bonchev–Trinajstić information content (AvgIpc) is 2.53. The molecular weight excluding hydrogens is 260 g/mol. The van der Waals surface area contributed by atoms with Crippen LogP contribution in [-0.2, 0) is 6.54 Å². The molecule has 1 N–H and O–H groups in total. The molecule has 0 saturated heterocycles. The van der Waals surface area contributed by atoms with Crippen LogP contribution in [0, 0.1) is 0 Å². The largest absolute Gasteiger partial charge is 0.497 e. The number of methoxy groups -OCH3 is 1. The van der Waals surface area contributed by atoms with Crippen LogP contribution >= 0.6 is 0 Å². The molecule has 0 amide bonds. The van der Waals surface area contributed by atoms with Gasteiger partial charge in [-0.2, -0.15) is 0 Å². The quantitative estimate of drug-likeness (QED) is 0.742. The van der Waals surface area contributed by atoms with Crippen LogP contribution in [0.4, 0.5) is 0 Å². The van der Waals surface area contributed by atoms with Crippen molar-refractivity contribution < 1.29 is 4.74 Å². The van der Waals surface area contributed by atoms with Gasteiger partial charge >= 0.3 is 0 Å². The summed E-state index contributed by atoms with van der Waals surface area (Å²) < 4.78 is 5.19. The van der Waals surface area contributed by atoms with Crippen LogP contribution in [-0.4, -0.2) is 38.2 Å². The van der Waals surface area contributed by atoms with Crippen molar-refractivity contribution in [1.82, 2.24) is 10.2 Å². The molecule has 21 heavy (non-hydrogen) atoms. The van der Waals surface area contributed by atoms with Gasteiger partial charge in [0.2, 0.25) is 0 Å². The Bertz CT molecular complexity index is 385. The van der Waals surface area contributed by atoms with Crippen molar-refractivity contribution in [2.75, 3.05) is 27.2 Å². The normalized spacial score (nSPS) is 16.3. The number of hydrogen-bond donors (Lipinski definition) is 1. The molecule has 0 heterocycles. The lowest BCUT2D eigenvalue weighted by molar-refractivity contribution is 0.308. The molecule has 3 nitrogen and oxygen atoms in total. The van der Waals surface area contributed by atoms with Crippen molar-refractivity contribution in [3.63, 3.8) is 0 Å². The van der Waals surface area contributed by atoms with Crippen molar-refractivity contribution in [2.24, 2.45) is 0 Å². The van der Waals surface area contributed by atoms with Crippen LogP contribution < -0.4 is 10.1 Å². The van der Waals surface area contributed by atoms with E-state index in [2.05, 4.69) is 29.4 Å². The van der Waals surface area contributed by atoms with E-state index in [-0.39, 0.29) is 0 Å². The summed E-state index contributed by atoms with van der Waals surface area (Å²) >= 11 is 0. The van der Waals surface area contributed by atoms with E-state index < -0.39 is 0 Å². The zero-order chi connectivity index (χ0) is 14.9. The Hall–Kier alpha value is -1.06. The molecule has 0 aliphatic heterocycles. The fraction of sp³-hybridized carbons (Fsp3) is 0.667. The van der Waals surface area contributed by atoms with Gasteiger partial charge in [-0.25, -0.2) is 0 Å². The summed E-state index contributed by atoms with van der Waals surface area (Å²) in [6.07, 6.45) is 8.24. The van der Waals surface area contributed by atoms with Gasteiger partial charge in [0.1, 0.15) is 5.75 Å². The van der Waals surface area contributed by atoms with E-state index in [9.17, 15) is 0 Å². The second kappa shape index (κ2) is 9.06. The Morgan fingerprint density at radius 1 is 1.14 bits per heavy atom. The Labute approximate surface area is 129 Å². The highest BCUT2D eigenvalue weighted by molar-refractivity contribution is 5.26. The number of benzene rings is 1. The molecule has 0 radical (unpaired) electrons. The van der Waals surface area contributed by atoms with Gasteiger partial charge in [-0.3, -0.25) is 0 Å². The van der Waals surface area contributed by atoms with E-state index in [4.69, 9.17) is 4.74 Å². The maximum absolute atomic E-state index is 5.19. The fourth-order valence-electron chi connectivity index (χ4n) is 3.08. The maximum Gasteiger partial charge on any atom is 0.118 e. The summed E-state index contributed by atoms with van der Waals surface area (Å²) in [6.45, 7) is 3.30. The first-order chi connectivity index (χ1) is 10.3. The summed E-state index contributed by atoms with van der Waals surface area (Å²) in [5.41, 5.74) is 1.35. The maximum atomic E-state index is 5.19. The summed E-state index contributed by atoms with van der Waals surface area (Å²) in [7, 11) is 3.91. The molecule has 0 atom stereocenters. The van der Waals surface area contributed by atoms with Gasteiger partial charge in [0, 0.05) is 12.6 Å². The SMILES string of the molecule is COc1ccc(CN(C)CCCNC2CCCCC2)cc1. The van der Waals surface area contributed by atoms with Crippen LogP contribution in [0.15, 0.2) is 24.3 Å². The van der Waals surface area contributed by atoms with Gasteiger partial charge in [-0.15, -0.1) is 0 Å². The molecular formula is C18H30N2O. The topological polar surface area (TPSA) is 24.5 Å². The molecule has 1 aliphatic rings. The van der Waals surface area contributed by atoms with Gasteiger partial charge < -0.3 is 15.0 Å². The minimum absolute atomic E-state index is 0.783. The summed E-state index contributed by atoms with van der Waals surface area (Å²) in [5.74, 6) is 0.929. The van der Waals surface area contributed by atoms with E-state index in [0.717, 1.165) is 31.4 Å². The molecule has 1 aromatic rings. The molecule has 0 aromatic heterocycles. The second-order valence-electron chi connectivity index (χ2n) is 6.23. The Balaban J connectivity index is 1.59. The lowest BCUT2D eigenvalue weighted by Gasteiger charge is -2.23. The molecule has 3 heteroatoms. The first-order valence-electron chi connectivity index (χ1n) is 8.33. The van der Waals surface area contributed by atoms with Crippen LogP contribution in [0.25, 0.3) is 0 Å².